The number of rotatable bonds is 5. The Morgan fingerprint density at radius 2 is 1.66 bits per heavy atom. The summed E-state index contributed by atoms with van der Waals surface area (Å²) in [6, 6.07) is 15.4. The minimum atomic E-state index is -1.18. The maximum Gasteiger partial charge on any atom is 0.326 e. The maximum atomic E-state index is 13.4. The van der Waals surface area contributed by atoms with Gasteiger partial charge in [-0.25, -0.2) is 9.69 Å². The van der Waals surface area contributed by atoms with E-state index in [1.54, 1.807) is 24.0 Å². The highest BCUT2D eigenvalue weighted by Crippen LogP contribution is 2.31. The number of halogens is 1. The lowest BCUT2D eigenvalue weighted by molar-refractivity contribution is -0.143. The van der Waals surface area contributed by atoms with Crippen molar-refractivity contribution in [2.75, 3.05) is 31.1 Å². The minimum Gasteiger partial charge on any atom is -0.368 e. The van der Waals surface area contributed by atoms with E-state index in [4.69, 9.17) is 11.6 Å². The summed E-state index contributed by atoms with van der Waals surface area (Å²) in [7, 11) is 0. The number of hydrogen-bond donors (Lipinski definition) is 1. The SMILES string of the molecule is CCC(C(=O)N1CCN(c2ccc(Cl)cc2)CC1)N1C(=O)NC(C)(c2ccccc2)C1=O. The van der Waals surface area contributed by atoms with Gasteiger partial charge < -0.3 is 15.1 Å². The lowest BCUT2D eigenvalue weighted by atomic mass is 9.91. The molecule has 0 aromatic heterocycles. The molecule has 32 heavy (non-hydrogen) atoms. The molecule has 2 aromatic rings. The third kappa shape index (κ3) is 3.93. The van der Waals surface area contributed by atoms with Crippen LogP contribution in [0.15, 0.2) is 54.6 Å². The fourth-order valence-corrected chi connectivity index (χ4v) is 4.55. The summed E-state index contributed by atoms with van der Waals surface area (Å²) in [6.07, 6.45) is 0.361. The Labute approximate surface area is 192 Å². The number of carbonyl (C=O) groups is 3. The monoisotopic (exact) mass is 454 g/mol. The van der Waals surface area contributed by atoms with Crippen molar-refractivity contribution in [1.29, 1.82) is 0 Å². The van der Waals surface area contributed by atoms with Crippen LogP contribution in [0.4, 0.5) is 10.5 Å². The number of amides is 4. The standard InChI is InChI=1S/C24H27ClN4O3/c1-3-20(29-22(31)24(2,26-23(29)32)17-7-5-4-6-8-17)21(30)28-15-13-27(14-16-28)19-11-9-18(25)10-12-19/h4-12,20H,3,13-16H2,1-2H3,(H,26,32). The van der Waals surface area contributed by atoms with Gasteiger partial charge in [-0.1, -0.05) is 48.9 Å². The Hall–Kier alpha value is -3.06. The van der Waals surface area contributed by atoms with Gasteiger partial charge in [0.15, 0.2) is 0 Å². The largest absolute Gasteiger partial charge is 0.368 e. The van der Waals surface area contributed by atoms with Crippen LogP contribution in [0, 0.1) is 0 Å². The first-order valence-corrected chi connectivity index (χ1v) is 11.2. The third-order valence-electron chi connectivity index (χ3n) is 6.34. The molecule has 2 heterocycles. The van der Waals surface area contributed by atoms with Crippen molar-refractivity contribution in [3.63, 3.8) is 0 Å². The number of hydrogen-bond acceptors (Lipinski definition) is 4. The number of imide groups is 1. The first-order chi connectivity index (χ1) is 15.3. The van der Waals surface area contributed by atoms with Gasteiger partial charge in [-0.05, 0) is 43.2 Å². The van der Waals surface area contributed by atoms with Gasteiger partial charge in [0.05, 0.1) is 0 Å². The van der Waals surface area contributed by atoms with Gasteiger partial charge in [0.1, 0.15) is 11.6 Å². The van der Waals surface area contributed by atoms with Crippen LogP contribution in [0.25, 0.3) is 0 Å². The molecule has 0 bridgehead atoms. The van der Waals surface area contributed by atoms with E-state index in [-0.39, 0.29) is 5.91 Å². The number of carbonyl (C=O) groups excluding carboxylic acids is 3. The summed E-state index contributed by atoms with van der Waals surface area (Å²) < 4.78 is 0. The van der Waals surface area contributed by atoms with E-state index in [1.807, 2.05) is 49.4 Å². The zero-order valence-corrected chi connectivity index (χ0v) is 19.0. The van der Waals surface area contributed by atoms with Crippen LogP contribution in [-0.4, -0.2) is 59.9 Å². The zero-order chi connectivity index (χ0) is 22.9. The number of nitrogens with one attached hydrogen (secondary N) is 1. The van der Waals surface area contributed by atoms with E-state index in [1.165, 1.54) is 0 Å². The van der Waals surface area contributed by atoms with Crippen LogP contribution in [0.5, 0.6) is 0 Å². The molecule has 8 heteroatoms. The molecule has 0 spiro atoms. The highest BCUT2D eigenvalue weighted by atomic mass is 35.5. The van der Waals surface area contributed by atoms with Crippen LogP contribution >= 0.6 is 11.6 Å². The summed E-state index contributed by atoms with van der Waals surface area (Å²) in [5.74, 6) is -0.585. The maximum absolute atomic E-state index is 13.4. The number of benzene rings is 2. The minimum absolute atomic E-state index is 0.191. The first-order valence-electron chi connectivity index (χ1n) is 10.9. The second-order valence-corrected chi connectivity index (χ2v) is 8.75. The topological polar surface area (TPSA) is 73.0 Å². The molecule has 2 aromatic carbocycles. The van der Waals surface area contributed by atoms with Crippen molar-refractivity contribution < 1.29 is 14.4 Å². The highest BCUT2D eigenvalue weighted by Gasteiger charge is 2.52. The fraction of sp³-hybridized carbons (Fsp3) is 0.375. The molecule has 2 unspecified atom stereocenters. The molecule has 2 aliphatic rings. The third-order valence-corrected chi connectivity index (χ3v) is 6.59. The molecule has 1 N–H and O–H groups in total. The van der Waals surface area contributed by atoms with E-state index in [9.17, 15) is 14.4 Å². The predicted molar refractivity (Wildman–Crippen MR) is 123 cm³/mol. The lowest BCUT2D eigenvalue weighted by Crippen LogP contribution is -2.56. The molecular weight excluding hydrogens is 428 g/mol. The molecule has 2 saturated heterocycles. The number of piperazine rings is 1. The van der Waals surface area contributed by atoms with Gasteiger partial charge in [-0.15, -0.1) is 0 Å². The number of urea groups is 1. The Balaban J connectivity index is 1.47. The Morgan fingerprint density at radius 1 is 1.03 bits per heavy atom. The van der Waals surface area contributed by atoms with E-state index >= 15 is 0 Å². The van der Waals surface area contributed by atoms with Gasteiger partial charge in [-0.2, -0.15) is 0 Å². The Morgan fingerprint density at radius 3 is 2.25 bits per heavy atom. The number of anilines is 1. The smallest absolute Gasteiger partial charge is 0.326 e. The molecule has 7 nitrogen and oxygen atoms in total. The van der Waals surface area contributed by atoms with E-state index < -0.39 is 23.5 Å². The molecule has 0 saturated carbocycles. The second kappa shape index (κ2) is 8.82. The molecular formula is C24H27ClN4O3. The van der Waals surface area contributed by atoms with Crippen LogP contribution in [0.3, 0.4) is 0 Å². The molecule has 0 radical (unpaired) electrons. The molecule has 2 aliphatic heterocycles. The van der Waals surface area contributed by atoms with Crippen molar-refractivity contribution >= 4 is 35.1 Å². The van der Waals surface area contributed by atoms with Gasteiger partial charge >= 0.3 is 6.03 Å². The van der Waals surface area contributed by atoms with E-state index in [2.05, 4.69) is 10.2 Å². The molecule has 4 amide bonds. The summed E-state index contributed by atoms with van der Waals surface area (Å²) in [6.45, 7) is 5.91. The Bertz CT molecular complexity index is 1010. The molecule has 2 atom stereocenters. The summed E-state index contributed by atoms with van der Waals surface area (Å²) in [4.78, 5) is 44.6. The van der Waals surface area contributed by atoms with Crippen molar-refractivity contribution in [2.45, 2.75) is 31.8 Å². The fourth-order valence-electron chi connectivity index (χ4n) is 4.43. The highest BCUT2D eigenvalue weighted by molar-refractivity contribution is 6.30. The normalized spacial score (nSPS) is 22.2. The molecule has 168 valence electrons. The Kier molecular flexibility index (Phi) is 6.11. The summed E-state index contributed by atoms with van der Waals surface area (Å²) >= 11 is 5.97. The van der Waals surface area contributed by atoms with Gasteiger partial charge in [0, 0.05) is 36.9 Å². The van der Waals surface area contributed by atoms with Crippen molar-refractivity contribution in [1.82, 2.24) is 15.1 Å². The number of nitrogens with zero attached hydrogens (tertiary/aromatic N) is 3. The van der Waals surface area contributed by atoms with Gasteiger partial charge in [0.2, 0.25) is 5.91 Å². The van der Waals surface area contributed by atoms with Crippen LogP contribution in [0.1, 0.15) is 25.8 Å². The first kappa shape index (κ1) is 22.1. The van der Waals surface area contributed by atoms with Crippen molar-refractivity contribution in [3.05, 3.63) is 65.2 Å². The quantitative estimate of drug-likeness (QED) is 0.704. The van der Waals surface area contributed by atoms with Crippen LogP contribution in [0.2, 0.25) is 5.02 Å². The van der Waals surface area contributed by atoms with Crippen molar-refractivity contribution in [2.24, 2.45) is 0 Å². The lowest BCUT2D eigenvalue weighted by Gasteiger charge is -2.38. The predicted octanol–water partition coefficient (Wildman–Crippen LogP) is 3.23. The average molecular weight is 455 g/mol. The van der Waals surface area contributed by atoms with E-state index in [0.29, 0.717) is 43.2 Å². The molecule has 2 fully saturated rings. The second-order valence-electron chi connectivity index (χ2n) is 8.31. The van der Waals surface area contributed by atoms with Gasteiger partial charge in [-0.3, -0.25) is 9.59 Å². The molecule has 4 rings (SSSR count). The summed E-state index contributed by atoms with van der Waals surface area (Å²) in [5, 5.41) is 3.48. The summed E-state index contributed by atoms with van der Waals surface area (Å²) in [5.41, 5.74) is 0.570. The van der Waals surface area contributed by atoms with Crippen LogP contribution in [-0.2, 0) is 15.1 Å². The molecule has 0 aliphatic carbocycles. The van der Waals surface area contributed by atoms with Crippen LogP contribution < -0.4 is 10.2 Å². The van der Waals surface area contributed by atoms with E-state index in [0.717, 1.165) is 10.6 Å². The van der Waals surface area contributed by atoms with Gasteiger partial charge in [0.25, 0.3) is 5.91 Å². The van der Waals surface area contributed by atoms with Crippen molar-refractivity contribution in [3.8, 4) is 0 Å². The average Bonchev–Trinajstić information content (AvgIpc) is 3.05. The zero-order valence-electron chi connectivity index (χ0n) is 18.3.